The molecular weight excluding hydrogens is 384 g/mol. The summed E-state index contributed by atoms with van der Waals surface area (Å²) < 4.78 is 26.8. The molecule has 2 atom stereocenters. The second-order valence-corrected chi connectivity index (χ2v) is 7.36. The summed E-state index contributed by atoms with van der Waals surface area (Å²) in [6.07, 6.45) is 1.93. The molecule has 2 amide bonds. The SMILES string of the molecule is CSc1ccccc1NC(=O)C[NH+](C)CC(=O)N[C@@H](C)c1ccc(F)cc1F. The van der Waals surface area contributed by atoms with Crippen LogP contribution in [0, 0.1) is 11.6 Å². The highest BCUT2D eigenvalue weighted by Crippen LogP contribution is 2.24. The van der Waals surface area contributed by atoms with Gasteiger partial charge in [-0.15, -0.1) is 11.8 Å². The van der Waals surface area contributed by atoms with Crippen LogP contribution >= 0.6 is 11.8 Å². The van der Waals surface area contributed by atoms with Gasteiger partial charge in [0.25, 0.3) is 11.8 Å². The van der Waals surface area contributed by atoms with Gasteiger partial charge in [-0.1, -0.05) is 18.2 Å². The van der Waals surface area contributed by atoms with Crippen LogP contribution in [0.4, 0.5) is 14.5 Å². The summed E-state index contributed by atoms with van der Waals surface area (Å²) >= 11 is 1.53. The van der Waals surface area contributed by atoms with Gasteiger partial charge < -0.3 is 15.5 Å². The van der Waals surface area contributed by atoms with Gasteiger partial charge in [0.1, 0.15) is 11.6 Å². The standard InChI is InChI=1S/C20H23F2N3O2S/c1-13(15-9-8-14(21)10-16(15)22)23-19(26)11-25(2)12-20(27)24-17-6-4-5-7-18(17)28-3/h4-10,13H,11-12H2,1-3H3,(H,23,26)(H,24,27)/p+1/t13-/m0/s1. The highest BCUT2D eigenvalue weighted by atomic mass is 32.2. The van der Waals surface area contributed by atoms with Crippen LogP contribution in [-0.2, 0) is 9.59 Å². The molecule has 28 heavy (non-hydrogen) atoms. The largest absolute Gasteiger partial charge is 0.345 e. The Morgan fingerprint density at radius 3 is 2.46 bits per heavy atom. The molecule has 0 bridgehead atoms. The van der Waals surface area contributed by atoms with Crippen LogP contribution in [0.3, 0.4) is 0 Å². The molecule has 2 aromatic rings. The lowest BCUT2D eigenvalue weighted by Gasteiger charge is -2.18. The van der Waals surface area contributed by atoms with Crippen LogP contribution in [0.2, 0.25) is 0 Å². The fourth-order valence-corrected chi connectivity index (χ4v) is 3.33. The summed E-state index contributed by atoms with van der Waals surface area (Å²) in [5.41, 5.74) is 0.941. The molecule has 5 nitrogen and oxygen atoms in total. The molecule has 2 rings (SSSR count). The number of carbonyl (C=O) groups is 2. The van der Waals surface area contributed by atoms with Crippen molar-refractivity contribution in [2.45, 2.75) is 17.9 Å². The summed E-state index contributed by atoms with van der Waals surface area (Å²) in [5, 5.41) is 5.52. The van der Waals surface area contributed by atoms with E-state index in [2.05, 4.69) is 10.6 Å². The Hall–Kier alpha value is -2.45. The molecule has 0 radical (unpaired) electrons. The van der Waals surface area contributed by atoms with Crippen molar-refractivity contribution in [1.29, 1.82) is 0 Å². The Kier molecular flexibility index (Phi) is 7.95. The number of amides is 2. The molecular formula is C20H24F2N3O2S+. The number of carbonyl (C=O) groups excluding carboxylic acids is 2. The second kappa shape index (κ2) is 10.2. The number of thioether (sulfide) groups is 1. The van der Waals surface area contributed by atoms with Crippen molar-refractivity contribution < 1.29 is 23.3 Å². The molecule has 3 N–H and O–H groups in total. The molecule has 0 saturated heterocycles. The van der Waals surface area contributed by atoms with E-state index in [1.54, 1.807) is 14.0 Å². The number of hydrogen-bond acceptors (Lipinski definition) is 3. The molecule has 0 aliphatic carbocycles. The van der Waals surface area contributed by atoms with Crippen LogP contribution < -0.4 is 15.5 Å². The van der Waals surface area contributed by atoms with E-state index in [0.717, 1.165) is 22.7 Å². The lowest BCUT2D eigenvalue weighted by molar-refractivity contribution is -0.862. The first-order valence-electron chi connectivity index (χ1n) is 8.78. The van der Waals surface area contributed by atoms with Crippen molar-refractivity contribution in [2.24, 2.45) is 0 Å². The van der Waals surface area contributed by atoms with Crippen molar-refractivity contribution in [3.8, 4) is 0 Å². The zero-order valence-electron chi connectivity index (χ0n) is 16.0. The molecule has 2 aromatic carbocycles. The summed E-state index contributed by atoms with van der Waals surface area (Å²) in [6, 6.07) is 10.1. The number of likely N-dealkylation sites (N-methyl/N-ethyl adjacent to an activating group) is 1. The Morgan fingerprint density at radius 1 is 1.11 bits per heavy atom. The van der Waals surface area contributed by atoms with Gasteiger partial charge in [-0.3, -0.25) is 9.59 Å². The number of quaternary nitrogens is 1. The van der Waals surface area contributed by atoms with Crippen molar-refractivity contribution in [2.75, 3.05) is 31.7 Å². The van der Waals surface area contributed by atoms with Crippen LogP contribution in [-0.4, -0.2) is 38.2 Å². The smallest absolute Gasteiger partial charge is 0.279 e. The van der Waals surface area contributed by atoms with E-state index in [0.29, 0.717) is 4.90 Å². The number of hydrogen-bond donors (Lipinski definition) is 3. The van der Waals surface area contributed by atoms with E-state index >= 15 is 0 Å². The number of halogens is 2. The van der Waals surface area contributed by atoms with Crippen LogP contribution in [0.5, 0.6) is 0 Å². The molecule has 0 saturated carbocycles. The Balaban J connectivity index is 1.85. The van der Waals surface area contributed by atoms with Gasteiger partial charge >= 0.3 is 0 Å². The van der Waals surface area contributed by atoms with Crippen molar-refractivity contribution in [3.63, 3.8) is 0 Å². The first-order chi connectivity index (χ1) is 13.3. The normalized spacial score (nSPS) is 12.9. The summed E-state index contributed by atoms with van der Waals surface area (Å²) in [5.74, 6) is -1.91. The lowest BCUT2D eigenvalue weighted by Crippen LogP contribution is -3.11. The lowest BCUT2D eigenvalue weighted by atomic mass is 10.1. The molecule has 0 aliphatic heterocycles. The number of nitrogens with one attached hydrogen (secondary N) is 3. The molecule has 0 fully saturated rings. The highest BCUT2D eigenvalue weighted by Gasteiger charge is 2.19. The molecule has 1 unspecified atom stereocenters. The highest BCUT2D eigenvalue weighted by molar-refractivity contribution is 7.98. The van der Waals surface area contributed by atoms with Gasteiger partial charge in [-0.05, 0) is 31.4 Å². The molecule has 8 heteroatoms. The average Bonchev–Trinajstić information content (AvgIpc) is 2.61. The van der Waals surface area contributed by atoms with E-state index in [9.17, 15) is 18.4 Å². The van der Waals surface area contributed by atoms with E-state index in [1.807, 2.05) is 30.5 Å². The second-order valence-electron chi connectivity index (χ2n) is 6.51. The minimum absolute atomic E-state index is 0.0464. The topological polar surface area (TPSA) is 62.6 Å². The number of benzene rings is 2. The summed E-state index contributed by atoms with van der Waals surface area (Å²) in [4.78, 5) is 26.1. The van der Waals surface area contributed by atoms with E-state index in [4.69, 9.17) is 0 Å². The molecule has 0 heterocycles. The first-order valence-corrected chi connectivity index (χ1v) is 10.0. The predicted molar refractivity (Wildman–Crippen MR) is 106 cm³/mol. The van der Waals surface area contributed by atoms with Gasteiger partial charge in [0.05, 0.1) is 18.8 Å². The Morgan fingerprint density at radius 2 is 1.79 bits per heavy atom. The molecule has 0 aromatic heterocycles. The summed E-state index contributed by atoms with van der Waals surface area (Å²) in [7, 11) is 1.72. The van der Waals surface area contributed by atoms with Crippen LogP contribution in [0.25, 0.3) is 0 Å². The predicted octanol–water partition coefficient (Wildman–Crippen LogP) is 2.02. The number of para-hydroxylation sites is 1. The third kappa shape index (κ3) is 6.31. The van der Waals surface area contributed by atoms with Crippen LogP contribution in [0.1, 0.15) is 18.5 Å². The van der Waals surface area contributed by atoms with Crippen molar-refractivity contribution in [1.82, 2.24) is 5.32 Å². The van der Waals surface area contributed by atoms with Gasteiger partial charge in [-0.25, -0.2) is 8.78 Å². The van der Waals surface area contributed by atoms with Gasteiger partial charge in [-0.2, -0.15) is 0 Å². The van der Waals surface area contributed by atoms with E-state index in [1.165, 1.54) is 17.8 Å². The zero-order valence-corrected chi connectivity index (χ0v) is 16.8. The first kappa shape index (κ1) is 21.8. The minimum atomic E-state index is -0.708. The fourth-order valence-electron chi connectivity index (χ4n) is 2.78. The minimum Gasteiger partial charge on any atom is -0.345 e. The monoisotopic (exact) mass is 408 g/mol. The maximum atomic E-state index is 13.8. The number of anilines is 1. The van der Waals surface area contributed by atoms with Crippen LogP contribution in [0.15, 0.2) is 47.4 Å². The summed E-state index contributed by atoms with van der Waals surface area (Å²) in [6.45, 7) is 1.77. The van der Waals surface area contributed by atoms with Crippen molar-refractivity contribution in [3.05, 3.63) is 59.7 Å². The van der Waals surface area contributed by atoms with Gasteiger partial charge in [0, 0.05) is 16.5 Å². The van der Waals surface area contributed by atoms with E-state index in [-0.39, 0.29) is 30.5 Å². The van der Waals surface area contributed by atoms with Gasteiger partial charge in [0.2, 0.25) is 0 Å². The average molecular weight is 408 g/mol. The maximum Gasteiger partial charge on any atom is 0.279 e. The van der Waals surface area contributed by atoms with E-state index < -0.39 is 17.7 Å². The molecule has 0 spiro atoms. The Bertz CT molecular complexity index is 848. The van der Waals surface area contributed by atoms with Crippen molar-refractivity contribution >= 4 is 29.3 Å². The van der Waals surface area contributed by atoms with Gasteiger partial charge in [0.15, 0.2) is 13.1 Å². The quantitative estimate of drug-likeness (QED) is 0.586. The third-order valence-electron chi connectivity index (χ3n) is 4.11. The Labute approximate surface area is 167 Å². The number of rotatable bonds is 8. The molecule has 150 valence electrons. The maximum absolute atomic E-state index is 13.8. The fraction of sp³-hybridized carbons (Fsp3) is 0.300. The zero-order chi connectivity index (χ0) is 20.7. The third-order valence-corrected chi connectivity index (χ3v) is 4.91. The molecule has 0 aliphatic rings.